The number of hydrogen-bond donors (Lipinski definition) is 0. The lowest BCUT2D eigenvalue weighted by Gasteiger charge is -2.01. The Labute approximate surface area is 104 Å². The Morgan fingerprint density at radius 3 is 2.18 bits per heavy atom. The minimum atomic E-state index is 0. The molecule has 0 saturated carbocycles. The zero-order valence-corrected chi connectivity index (χ0v) is 10.6. The van der Waals surface area contributed by atoms with Gasteiger partial charge in [0, 0.05) is 12.0 Å². The Hall–Kier alpha value is -1.18. The molecule has 0 radical (unpaired) electrons. The van der Waals surface area contributed by atoms with Gasteiger partial charge in [-0.05, 0) is 6.42 Å². The van der Waals surface area contributed by atoms with E-state index in [1.165, 1.54) is 32.1 Å². The van der Waals surface area contributed by atoms with E-state index in [9.17, 15) is 4.79 Å². The van der Waals surface area contributed by atoms with Crippen molar-refractivity contribution >= 4 is 5.78 Å². The standard InChI is InChI=1S/C15H22O.FH/c1-2-3-4-5-6-10-13-15(16)14-11-8-7-9-12-14;/h7-9,11-12H,2-6,10,13H2,1H3;1H/p-1. The molecule has 17 heavy (non-hydrogen) atoms. The first-order valence-corrected chi connectivity index (χ1v) is 6.43. The summed E-state index contributed by atoms with van der Waals surface area (Å²) in [5, 5.41) is 0. The molecule has 2 heteroatoms. The van der Waals surface area contributed by atoms with E-state index in [2.05, 4.69) is 6.92 Å². The van der Waals surface area contributed by atoms with Crippen LogP contribution >= 0.6 is 0 Å². The predicted octanol–water partition coefficient (Wildman–Crippen LogP) is 1.62. The minimum Gasteiger partial charge on any atom is -1.00 e. The van der Waals surface area contributed by atoms with Crippen molar-refractivity contribution in [3.63, 3.8) is 0 Å². The van der Waals surface area contributed by atoms with Gasteiger partial charge in [0.25, 0.3) is 0 Å². The first-order chi connectivity index (χ1) is 7.84. The van der Waals surface area contributed by atoms with E-state index < -0.39 is 0 Å². The maximum Gasteiger partial charge on any atom is 0.162 e. The lowest BCUT2D eigenvalue weighted by Crippen LogP contribution is -3.00. The van der Waals surface area contributed by atoms with E-state index in [1.54, 1.807) is 0 Å². The average Bonchev–Trinajstić information content (AvgIpc) is 2.34. The summed E-state index contributed by atoms with van der Waals surface area (Å²) in [7, 11) is 0. The van der Waals surface area contributed by atoms with Crippen molar-refractivity contribution in [1.82, 2.24) is 0 Å². The third-order valence-electron chi connectivity index (χ3n) is 2.85. The summed E-state index contributed by atoms with van der Waals surface area (Å²) in [5.74, 6) is 0.288. The van der Waals surface area contributed by atoms with Crippen molar-refractivity contribution in [1.29, 1.82) is 0 Å². The van der Waals surface area contributed by atoms with Crippen molar-refractivity contribution in [2.75, 3.05) is 0 Å². The first kappa shape index (κ1) is 15.8. The van der Waals surface area contributed by atoms with Gasteiger partial charge in [0.2, 0.25) is 0 Å². The molecule has 0 amide bonds. The van der Waals surface area contributed by atoms with Gasteiger partial charge in [0.05, 0.1) is 0 Å². The molecule has 0 aromatic heterocycles. The second-order valence-electron chi connectivity index (χ2n) is 4.31. The van der Waals surface area contributed by atoms with Crippen molar-refractivity contribution in [3.05, 3.63) is 35.9 Å². The average molecular weight is 237 g/mol. The number of carbonyl (C=O) groups is 1. The molecule has 0 aliphatic heterocycles. The highest BCUT2D eigenvalue weighted by molar-refractivity contribution is 5.95. The van der Waals surface area contributed by atoms with Gasteiger partial charge in [-0.25, -0.2) is 0 Å². The van der Waals surface area contributed by atoms with E-state index in [-0.39, 0.29) is 10.5 Å². The molecule has 0 atom stereocenters. The molecule has 0 saturated heterocycles. The third kappa shape index (κ3) is 6.88. The highest BCUT2D eigenvalue weighted by Gasteiger charge is 2.03. The number of halogens is 1. The molecule has 0 N–H and O–H groups in total. The number of unbranched alkanes of at least 4 members (excludes halogenated alkanes) is 5. The summed E-state index contributed by atoms with van der Waals surface area (Å²) in [5.41, 5.74) is 0.857. The van der Waals surface area contributed by atoms with Gasteiger partial charge < -0.3 is 4.70 Å². The summed E-state index contributed by atoms with van der Waals surface area (Å²) in [4.78, 5) is 11.7. The fourth-order valence-electron chi connectivity index (χ4n) is 1.83. The van der Waals surface area contributed by atoms with Gasteiger partial charge in [-0.1, -0.05) is 69.4 Å². The Kier molecular flexibility index (Phi) is 9.31. The highest BCUT2D eigenvalue weighted by atomic mass is 19.0. The summed E-state index contributed by atoms with van der Waals surface area (Å²) in [6.07, 6.45) is 8.13. The minimum absolute atomic E-state index is 0. The van der Waals surface area contributed by atoms with Crippen LogP contribution in [0.25, 0.3) is 0 Å². The van der Waals surface area contributed by atoms with Crippen LogP contribution in [0.3, 0.4) is 0 Å². The SMILES string of the molecule is CCCCCCCCC(=O)c1ccccc1.[F-]. The molecule has 1 aromatic rings. The molecular weight excluding hydrogens is 215 g/mol. The number of rotatable bonds is 8. The molecule has 1 nitrogen and oxygen atoms in total. The molecule has 0 bridgehead atoms. The van der Waals surface area contributed by atoms with Crippen LogP contribution < -0.4 is 4.70 Å². The van der Waals surface area contributed by atoms with E-state index in [0.717, 1.165) is 12.0 Å². The second-order valence-corrected chi connectivity index (χ2v) is 4.31. The lowest BCUT2D eigenvalue weighted by atomic mass is 10.0. The normalized spacial score (nSPS) is 9.71. The van der Waals surface area contributed by atoms with Crippen molar-refractivity contribution in [2.24, 2.45) is 0 Å². The van der Waals surface area contributed by atoms with Gasteiger partial charge >= 0.3 is 0 Å². The zero-order chi connectivity index (χ0) is 11.6. The van der Waals surface area contributed by atoms with Gasteiger partial charge in [0.15, 0.2) is 5.78 Å². The second kappa shape index (κ2) is 10.0. The molecule has 1 aromatic carbocycles. The summed E-state index contributed by atoms with van der Waals surface area (Å²) < 4.78 is 0. The van der Waals surface area contributed by atoms with Crippen LogP contribution in [0.15, 0.2) is 30.3 Å². The fraction of sp³-hybridized carbons (Fsp3) is 0.533. The van der Waals surface area contributed by atoms with Gasteiger partial charge in [0.1, 0.15) is 0 Å². The summed E-state index contributed by atoms with van der Waals surface area (Å²) >= 11 is 0. The molecule has 0 spiro atoms. The van der Waals surface area contributed by atoms with E-state index in [4.69, 9.17) is 0 Å². The van der Waals surface area contributed by atoms with Crippen LogP contribution in [-0.2, 0) is 0 Å². The lowest BCUT2D eigenvalue weighted by molar-refractivity contribution is -0.0000114. The Balaban J connectivity index is 0.00000256. The number of benzene rings is 1. The van der Waals surface area contributed by atoms with Gasteiger partial charge in [-0.15, -0.1) is 0 Å². The molecule has 0 heterocycles. The first-order valence-electron chi connectivity index (χ1n) is 6.43. The Morgan fingerprint density at radius 1 is 0.941 bits per heavy atom. The quantitative estimate of drug-likeness (QED) is 0.496. The van der Waals surface area contributed by atoms with Gasteiger partial charge in [-0.3, -0.25) is 4.79 Å². The molecule has 0 aliphatic rings. The third-order valence-corrected chi connectivity index (χ3v) is 2.85. The van der Waals surface area contributed by atoms with Crippen molar-refractivity contribution in [2.45, 2.75) is 51.9 Å². The number of ketones is 1. The predicted molar refractivity (Wildman–Crippen MR) is 68.8 cm³/mol. The number of Topliss-reactive ketones (excluding diaryl/α,β-unsaturated/α-hetero) is 1. The van der Waals surface area contributed by atoms with Gasteiger partial charge in [-0.2, -0.15) is 0 Å². The maximum atomic E-state index is 11.7. The molecule has 0 fully saturated rings. The zero-order valence-electron chi connectivity index (χ0n) is 10.6. The van der Waals surface area contributed by atoms with Crippen LogP contribution in [0.4, 0.5) is 0 Å². The highest BCUT2D eigenvalue weighted by Crippen LogP contribution is 2.10. The molecular formula is C15H22FO-. The molecule has 0 aliphatic carbocycles. The van der Waals surface area contributed by atoms with Crippen molar-refractivity contribution in [3.8, 4) is 0 Å². The summed E-state index contributed by atoms with van der Waals surface area (Å²) in [6, 6.07) is 9.60. The molecule has 1 rings (SSSR count). The van der Waals surface area contributed by atoms with E-state index >= 15 is 0 Å². The largest absolute Gasteiger partial charge is 1.00 e. The fourth-order valence-corrected chi connectivity index (χ4v) is 1.83. The van der Waals surface area contributed by atoms with Crippen LogP contribution in [0.2, 0.25) is 0 Å². The maximum absolute atomic E-state index is 11.7. The molecule has 0 unspecified atom stereocenters. The monoisotopic (exact) mass is 237 g/mol. The number of hydrogen-bond acceptors (Lipinski definition) is 1. The molecule has 96 valence electrons. The Morgan fingerprint density at radius 2 is 1.53 bits per heavy atom. The van der Waals surface area contributed by atoms with E-state index in [1.807, 2.05) is 30.3 Å². The van der Waals surface area contributed by atoms with Crippen molar-refractivity contribution < 1.29 is 9.50 Å². The van der Waals surface area contributed by atoms with Crippen LogP contribution in [0.1, 0.15) is 62.2 Å². The van der Waals surface area contributed by atoms with Crippen LogP contribution in [-0.4, -0.2) is 5.78 Å². The Bertz CT molecular complexity index is 295. The summed E-state index contributed by atoms with van der Waals surface area (Å²) in [6.45, 7) is 2.22. The van der Waals surface area contributed by atoms with E-state index in [0.29, 0.717) is 6.42 Å². The van der Waals surface area contributed by atoms with Crippen LogP contribution in [0, 0.1) is 0 Å². The topological polar surface area (TPSA) is 17.1 Å². The van der Waals surface area contributed by atoms with Crippen LogP contribution in [0.5, 0.6) is 0 Å². The number of carbonyl (C=O) groups excluding carboxylic acids is 1. The smallest absolute Gasteiger partial charge is 0.162 e.